The first-order valence-electron chi connectivity index (χ1n) is 10.6. The summed E-state index contributed by atoms with van der Waals surface area (Å²) in [5, 5.41) is 37.1. The molecular weight excluding hydrogens is 380 g/mol. The molecule has 0 bridgehead atoms. The van der Waals surface area contributed by atoms with E-state index in [-0.39, 0.29) is 17.9 Å². The molecule has 8 unspecified atom stereocenters. The van der Waals surface area contributed by atoms with Gasteiger partial charge in [0.15, 0.2) is 0 Å². The van der Waals surface area contributed by atoms with Crippen LogP contribution in [0.2, 0.25) is 0 Å². The van der Waals surface area contributed by atoms with E-state index in [2.05, 4.69) is 10.6 Å². The second-order valence-electron chi connectivity index (χ2n) is 8.98. The Morgan fingerprint density at radius 1 is 1.18 bits per heavy atom. The lowest BCUT2D eigenvalue weighted by atomic mass is 9.84. The van der Waals surface area contributed by atoms with Crippen molar-refractivity contribution in [3.8, 4) is 0 Å². The summed E-state index contributed by atoms with van der Waals surface area (Å²) in [4.78, 5) is 12.9. The number of thioether (sulfide) groups is 1. The van der Waals surface area contributed by atoms with Crippen LogP contribution in [0.25, 0.3) is 0 Å². The van der Waals surface area contributed by atoms with Gasteiger partial charge in [0.1, 0.15) is 29.9 Å². The smallest absolute Gasteiger partial charge is 0.237 e. The molecule has 8 atom stereocenters. The fraction of sp³-hybridized carbons (Fsp3) is 0.950. The Morgan fingerprint density at radius 2 is 1.89 bits per heavy atom. The first-order chi connectivity index (χ1) is 13.3. The zero-order valence-electron chi connectivity index (χ0n) is 17.1. The molecule has 3 rings (SSSR count). The topological polar surface area (TPSA) is 111 Å². The summed E-state index contributed by atoms with van der Waals surface area (Å²) in [6.45, 7) is 4.78. The van der Waals surface area contributed by atoms with E-state index in [0.29, 0.717) is 5.92 Å². The minimum atomic E-state index is -1.30. The molecule has 1 saturated carbocycles. The average molecular weight is 417 g/mol. The summed E-state index contributed by atoms with van der Waals surface area (Å²) >= 11 is 1.28. The van der Waals surface area contributed by atoms with E-state index in [0.717, 1.165) is 18.9 Å². The average Bonchev–Trinajstić information content (AvgIpc) is 3.45. The summed E-state index contributed by atoms with van der Waals surface area (Å²) < 4.78 is 5.88. The molecule has 8 heteroatoms. The lowest BCUT2D eigenvalue weighted by molar-refractivity contribution is -0.208. The van der Waals surface area contributed by atoms with E-state index in [1.165, 1.54) is 37.4 Å². The third kappa shape index (κ3) is 5.02. The van der Waals surface area contributed by atoms with Gasteiger partial charge in [0.2, 0.25) is 5.91 Å². The highest BCUT2D eigenvalue weighted by atomic mass is 32.2. The Bertz CT molecular complexity index is 531. The van der Waals surface area contributed by atoms with Gasteiger partial charge in [-0.3, -0.25) is 4.79 Å². The van der Waals surface area contributed by atoms with Crippen molar-refractivity contribution in [1.82, 2.24) is 10.6 Å². The highest BCUT2D eigenvalue weighted by Crippen LogP contribution is 2.35. The molecule has 2 aliphatic heterocycles. The molecular formula is C20H36N2O5S. The van der Waals surface area contributed by atoms with Gasteiger partial charge in [-0.1, -0.05) is 39.5 Å². The maximum absolute atomic E-state index is 12.9. The molecule has 0 radical (unpaired) electrons. The van der Waals surface area contributed by atoms with Crippen LogP contribution in [0.3, 0.4) is 0 Å². The van der Waals surface area contributed by atoms with Crippen molar-refractivity contribution in [3.05, 3.63) is 0 Å². The van der Waals surface area contributed by atoms with Gasteiger partial charge in [-0.25, -0.2) is 0 Å². The van der Waals surface area contributed by atoms with Gasteiger partial charge in [0.25, 0.3) is 0 Å². The third-order valence-corrected chi connectivity index (χ3v) is 7.31. The van der Waals surface area contributed by atoms with E-state index < -0.39 is 35.9 Å². The number of hydrogen-bond acceptors (Lipinski definition) is 7. The highest BCUT2D eigenvalue weighted by Gasteiger charge is 2.48. The minimum Gasteiger partial charge on any atom is -0.388 e. The Morgan fingerprint density at radius 3 is 2.43 bits per heavy atom. The van der Waals surface area contributed by atoms with Crippen molar-refractivity contribution in [1.29, 1.82) is 0 Å². The number of nitrogens with one attached hydrogen (secondary N) is 2. The summed E-state index contributed by atoms with van der Waals surface area (Å²) in [6, 6.07) is -0.651. The molecule has 28 heavy (non-hydrogen) atoms. The first kappa shape index (κ1) is 22.3. The van der Waals surface area contributed by atoms with Crippen LogP contribution in [0.4, 0.5) is 0 Å². The maximum atomic E-state index is 12.9. The molecule has 2 heterocycles. The normalized spacial score (nSPS) is 39.5. The zero-order valence-corrected chi connectivity index (χ0v) is 17.9. The van der Waals surface area contributed by atoms with Crippen LogP contribution in [0.15, 0.2) is 0 Å². The number of ether oxygens (including phenoxy) is 1. The molecule has 3 fully saturated rings. The van der Waals surface area contributed by atoms with Gasteiger partial charge in [-0.05, 0) is 30.4 Å². The van der Waals surface area contributed by atoms with Crippen molar-refractivity contribution in [2.75, 3.05) is 12.8 Å². The van der Waals surface area contributed by atoms with Gasteiger partial charge >= 0.3 is 0 Å². The first-order valence-corrected chi connectivity index (χ1v) is 11.9. The number of carbonyl (C=O) groups excluding carboxylic acids is 1. The minimum absolute atomic E-state index is 0.00180. The largest absolute Gasteiger partial charge is 0.388 e. The van der Waals surface area contributed by atoms with Crippen molar-refractivity contribution in [2.45, 2.75) is 87.9 Å². The lowest BCUT2D eigenvalue weighted by Crippen LogP contribution is -2.67. The molecule has 7 nitrogen and oxygen atoms in total. The number of amides is 1. The third-order valence-electron chi connectivity index (χ3n) is 6.46. The van der Waals surface area contributed by atoms with E-state index in [4.69, 9.17) is 4.74 Å². The predicted molar refractivity (Wildman–Crippen MR) is 109 cm³/mol. The van der Waals surface area contributed by atoms with Crippen LogP contribution in [0.1, 0.15) is 46.0 Å². The number of hydrogen-bond donors (Lipinski definition) is 5. The fourth-order valence-corrected chi connectivity index (χ4v) is 4.98. The van der Waals surface area contributed by atoms with Crippen LogP contribution in [-0.4, -0.2) is 76.0 Å². The standard InChI is InChI=1S/C20H36N2O5S/c1-10(2)13(18-16(24)15(23)17(25)20(27-18)28-3)22-19(26)14-12(9-21-14)6-4-5-11-7-8-11/h10-18,20-21,23-25H,4-9H2,1-3H3,(H,22,26). The zero-order chi connectivity index (χ0) is 20.4. The van der Waals surface area contributed by atoms with Gasteiger partial charge in [0, 0.05) is 6.54 Å². The molecule has 1 aliphatic carbocycles. The van der Waals surface area contributed by atoms with Gasteiger partial charge < -0.3 is 30.7 Å². The molecule has 162 valence electrons. The summed E-state index contributed by atoms with van der Waals surface area (Å²) in [6.07, 6.45) is 3.55. The highest BCUT2D eigenvalue weighted by molar-refractivity contribution is 7.99. The van der Waals surface area contributed by atoms with Crippen molar-refractivity contribution < 1.29 is 24.9 Å². The van der Waals surface area contributed by atoms with Gasteiger partial charge in [0.05, 0.1) is 12.1 Å². The van der Waals surface area contributed by atoms with Crippen LogP contribution in [-0.2, 0) is 9.53 Å². The molecule has 0 aromatic rings. The van der Waals surface area contributed by atoms with Crippen molar-refractivity contribution in [3.63, 3.8) is 0 Å². The van der Waals surface area contributed by atoms with Crippen molar-refractivity contribution >= 4 is 17.7 Å². The van der Waals surface area contributed by atoms with E-state index in [1.54, 1.807) is 6.26 Å². The Labute approximate surface area is 172 Å². The van der Waals surface area contributed by atoms with Crippen LogP contribution in [0.5, 0.6) is 0 Å². The molecule has 0 aromatic heterocycles. The number of aliphatic hydroxyl groups excluding tert-OH is 3. The summed E-state index contributed by atoms with van der Waals surface area (Å²) in [5.74, 6) is 1.21. The van der Waals surface area contributed by atoms with Gasteiger partial charge in [-0.15, -0.1) is 11.8 Å². The Hall–Kier alpha value is -0.380. The Balaban J connectivity index is 1.58. The summed E-state index contributed by atoms with van der Waals surface area (Å²) in [5.41, 5.74) is -0.640. The second-order valence-corrected chi connectivity index (χ2v) is 9.91. The summed E-state index contributed by atoms with van der Waals surface area (Å²) in [7, 11) is 0. The molecule has 3 aliphatic rings. The SMILES string of the molecule is CSC1OC(C(NC(=O)C2NCC2CCCC2CC2)C(C)C)C(O)C(O)C1O. The van der Waals surface area contributed by atoms with Crippen molar-refractivity contribution in [2.24, 2.45) is 17.8 Å². The molecule has 5 N–H and O–H groups in total. The molecule has 2 saturated heterocycles. The second kappa shape index (κ2) is 9.62. The van der Waals surface area contributed by atoms with Crippen LogP contribution >= 0.6 is 11.8 Å². The number of aliphatic hydroxyl groups is 3. The predicted octanol–water partition coefficient (Wildman–Crippen LogP) is 0.466. The molecule has 0 spiro atoms. The quantitative estimate of drug-likeness (QED) is 0.371. The van der Waals surface area contributed by atoms with Crippen LogP contribution in [0, 0.1) is 17.8 Å². The number of carbonyl (C=O) groups is 1. The van der Waals surface area contributed by atoms with Crippen LogP contribution < -0.4 is 10.6 Å². The monoisotopic (exact) mass is 416 g/mol. The Kier molecular flexibility index (Phi) is 7.66. The van der Waals surface area contributed by atoms with Gasteiger partial charge in [-0.2, -0.15) is 0 Å². The molecule has 0 aromatic carbocycles. The maximum Gasteiger partial charge on any atom is 0.237 e. The lowest BCUT2D eigenvalue weighted by Gasteiger charge is -2.45. The molecule has 1 amide bonds. The van der Waals surface area contributed by atoms with E-state index >= 15 is 0 Å². The van der Waals surface area contributed by atoms with E-state index in [1.807, 2.05) is 13.8 Å². The number of rotatable bonds is 9. The van der Waals surface area contributed by atoms with E-state index in [9.17, 15) is 20.1 Å². The fourth-order valence-electron chi connectivity index (χ4n) is 4.30.